The van der Waals surface area contributed by atoms with Crippen molar-refractivity contribution in [1.29, 1.82) is 0 Å². The van der Waals surface area contributed by atoms with Crippen LogP contribution in [0.5, 0.6) is 0 Å². The van der Waals surface area contributed by atoms with Crippen LogP contribution >= 0.6 is 0 Å². The number of methoxy groups -OCH3 is 2. The van der Waals surface area contributed by atoms with E-state index < -0.39 is 0 Å². The second-order valence-electron chi connectivity index (χ2n) is 3.19. The third kappa shape index (κ3) is 3.10. The Labute approximate surface area is 84.8 Å². The quantitative estimate of drug-likeness (QED) is 0.717. The number of hydrogen-bond acceptors (Lipinski definition) is 3. The van der Waals surface area contributed by atoms with E-state index in [1.54, 1.807) is 14.2 Å². The highest BCUT2D eigenvalue weighted by molar-refractivity contribution is 5.15. The molecular formula is C11H17NO2. The molecule has 3 heteroatoms. The molecule has 0 aliphatic rings. The fraction of sp³-hybridized carbons (Fsp3) is 0.455. The molecule has 0 aliphatic heterocycles. The van der Waals surface area contributed by atoms with Crippen molar-refractivity contribution in [2.45, 2.75) is 18.8 Å². The van der Waals surface area contributed by atoms with Gasteiger partial charge in [-0.1, -0.05) is 30.3 Å². The van der Waals surface area contributed by atoms with Crippen LogP contribution in [0.25, 0.3) is 0 Å². The minimum Gasteiger partial charge on any atom is -0.354 e. The van der Waals surface area contributed by atoms with E-state index in [2.05, 4.69) is 0 Å². The zero-order chi connectivity index (χ0) is 10.4. The summed E-state index contributed by atoms with van der Waals surface area (Å²) in [5.74, 6) is 0. The lowest BCUT2D eigenvalue weighted by molar-refractivity contribution is -0.115. The van der Waals surface area contributed by atoms with Gasteiger partial charge in [0.25, 0.3) is 0 Å². The van der Waals surface area contributed by atoms with E-state index in [-0.39, 0.29) is 12.3 Å². The van der Waals surface area contributed by atoms with Crippen molar-refractivity contribution < 1.29 is 9.47 Å². The molecule has 0 bridgehead atoms. The second-order valence-corrected chi connectivity index (χ2v) is 3.19. The molecule has 0 radical (unpaired) electrons. The summed E-state index contributed by atoms with van der Waals surface area (Å²) in [5, 5.41) is 0. The van der Waals surface area contributed by atoms with Gasteiger partial charge in [0, 0.05) is 14.2 Å². The van der Waals surface area contributed by atoms with E-state index >= 15 is 0 Å². The molecule has 1 rings (SSSR count). The van der Waals surface area contributed by atoms with Gasteiger partial charge in [-0.15, -0.1) is 0 Å². The van der Waals surface area contributed by atoms with Crippen LogP contribution < -0.4 is 5.73 Å². The number of rotatable bonds is 5. The van der Waals surface area contributed by atoms with Crippen LogP contribution in [-0.2, 0) is 15.9 Å². The van der Waals surface area contributed by atoms with Crippen molar-refractivity contribution in [2.24, 2.45) is 5.73 Å². The lowest BCUT2D eigenvalue weighted by atomic mass is 10.1. The summed E-state index contributed by atoms with van der Waals surface area (Å²) in [6.07, 6.45) is 0.419. The SMILES string of the molecule is COC(OC)[C@H](N)Cc1ccccc1. The molecule has 0 aliphatic carbocycles. The fourth-order valence-electron chi connectivity index (χ4n) is 1.43. The molecular weight excluding hydrogens is 178 g/mol. The van der Waals surface area contributed by atoms with Crippen LogP contribution in [0.1, 0.15) is 5.56 Å². The van der Waals surface area contributed by atoms with Crippen LogP contribution in [-0.4, -0.2) is 26.6 Å². The van der Waals surface area contributed by atoms with Crippen LogP contribution in [0.4, 0.5) is 0 Å². The summed E-state index contributed by atoms with van der Waals surface area (Å²) in [4.78, 5) is 0. The van der Waals surface area contributed by atoms with E-state index in [1.807, 2.05) is 30.3 Å². The molecule has 0 saturated carbocycles. The van der Waals surface area contributed by atoms with Crippen molar-refractivity contribution >= 4 is 0 Å². The molecule has 1 atom stereocenters. The zero-order valence-electron chi connectivity index (χ0n) is 8.64. The first-order valence-corrected chi connectivity index (χ1v) is 4.63. The highest BCUT2D eigenvalue weighted by Crippen LogP contribution is 2.06. The largest absolute Gasteiger partial charge is 0.354 e. The maximum atomic E-state index is 5.92. The molecule has 2 N–H and O–H groups in total. The molecule has 1 aromatic carbocycles. The van der Waals surface area contributed by atoms with Gasteiger partial charge in [-0.05, 0) is 12.0 Å². The number of nitrogens with two attached hydrogens (primary N) is 1. The predicted molar refractivity (Wildman–Crippen MR) is 55.9 cm³/mol. The number of benzene rings is 1. The summed E-state index contributed by atoms with van der Waals surface area (Å²) in [5.41, 5.74) is 7.11. The van der Waals surface area contributed by atoms with E-state index in [9.17, 15) is 0 Å². The standard InChI is InChI=1S/C11H17NO2/c1-13-11(14-2)10(12)8-9-6-4-3-5-7-9/h3-7,10-11H,8,12H2,1-2H3/t10-/m1/s1. The molecule has 14 heavy (non-hydrogen) atoms. The van der Waals surface area contributed by atoms with Crippen LogP contribution in [0.3, 0.4) is 0 Å². The third-order valence-electron chi connectivity index (χ3n) is 2.13. The molecule has 0 aromatic heterocycles. The monoisotopic (exact) mass is 195 g/mol. The summed E-state index contributed by atoms with van der Waals surface area (Å²) >= 11 is 0. The zero-order valence-corrected chi connectivity index (χ0v) is 8.64. The van der Waals surface area contributed by atoms with E-state index in [1.165, 1.54) is 5.56 Å². The maximum Gasteiger partial charge on any atom is 0.172 e. The highest BCUT2D eigenvalue weighted by atomic mass is 16.7. The number of hydrogen-bond donors (Lipinski definition) is 1. The number of ether oxygens (including phenoxy) is 2. The van der Waals surface area contributed by atoms with Gasteiger partial charge >= 0.3 is 0 Å². The van der Waals surface area contributed by atoms with Crippen molar-refractivity contribution in [3.8, 4) is 0 Å². The van der Waals surface area contributed by atoms with E-state index in [0.717, 1.165) is 6.42 Å². The van der Waals surface area contributed by atoms with Crippen LogP contribution in [0.2, 0.25) is 0 Å². The fourth-order valence-corrected chi connectivity index (χ4v) is 1.43. The maximum absolute atomic E-state index is 5.92. The molecule has 78 valence electrons. The molecule has 0 fully saturated rings. The van der Waals surface area contributed by atoms with Crippen molar-refractivity contribution in [2.75, 3.05) is 14.2 Å². The van der Waals surface area contributed by atoms with Crippen molar-refractivity contribution in [1.82, 2.24) is 0 Å². The Bertz CT molecular complexity index is 247. The van der Waals surface area contributed by atoms with Crippen molar-refractivity contribution in [3.63, 3.8) is 0 Å². The Morgan fingerprint density at radius 2 is 1.71 bits per heavy atom. The Morgan fingerprint density at radius 1 is 1.14 bits per heavy atom. The summed E-state index contributed by atoms with van der Waals surface area (Å²) in [6, 6.07) is 9.93. The lowest BCUT2D eigenvalue weighted by Gasteiger charge is -2.20. The molecule has 1 aromatic rings. The summed E-state index contributed by atoms with van der Waals surface area (Å²) in [6.45, 7) is 0. The first-order valence-electron chi connectivity index (χ1n) is 4.63. The van der Waals surface area contributed by atoms with Gasteiger partial charge in [0.15, 0.2) is 6.29 Å². The third-order valence-corrected chi connectivity index (χ3v) is 2.13. The van der Waals surface area contributed by atoms with Crippen LogP contribution in [0, 0.1) is 0 Å². The van der Waals surface area contributed by atoms with Crippen LogP contribution in [0.15, 0.2) is 30.3 Å². The molecule has 0 spiro atoms. The Kier molecular flexibility index (Phi) is 4.59. The second kappa shape index (κ2) is 5.75. The van der Waals surface area contributed by atoms with Gasteiger partial charge in [-0.2, -0.15) is 0 Å². The van der Waals surface area contributed by atoms with Gasteiger partial charge in [-0.3, -0.25) is 0 Å². The first kappa shape index (κ1) is 11.2. The summed E-state index contributed by atoms with van der Waals surface area (Å²) in [7, 11) is 3.19. The predicted octanol–water partition coefficient (Wildman–Crippen LogP) is 1.18. The lowest BCUT2D eigenvalue weighted by Crippen LogP contribution is -2.39. The van der Waals surface area contributed by atoms with E-state index in [0.29, 0.717) is 0 Å². The van der Waals surface area contributed by atoms with Gasteiger partial charge in [0.1, 0.15) is 0 Å². The highest BCUT2D eigenvalue weighted by Gasteiger charge is 2.16. The molecule has 3 nitrogen and oxygen atoms in total. The van der Waals surface area contributed by atoms with Gasteiger partial charge in [-0.25, -0.2) is 0 Å². The Hall–Kier alpha value is -0.900. The minimum atomic E-state index is -0.338. The minimum absolute atomic E-state index is 0.132. The average molecular weight is 195 g/mol. The molecule has 0 amide bonds. The smallest absolute Gasteiger partial charge is 0.172 e. The van der Waals surface area contributed by atoms with Gasteiger partial charge < -0.3 is 15.2 Å². The average Bonchev–Trinajstić information content (AvgIpc) is 2.21. The molecule has 0 saturated heterocycles. The molecule has 0 heterocycles. The van der Waals surface area contributed by atoms with Gasteiger partial charge in [0.2, 0.25) is 0 Å². The topological polar surface area (TPSA) is 44.5 Å². The van der Waals surface area contributed by atoms with Crippen molar-refractivity contribution in [3.05, 3.63) is 35.9 Å². The Morgan fingerprint density at radius 3 is 2.21 bits per heavy atom. The summed E-state index contributed by atoms with van der Waals surface area (Å²) < 4.78 is 10.2. The van der Waals surface area contributed by atoms with Gasteiger partial charge in [0.05, 0.1) is 6.04 Å². The van der Waals surface area contributed by atoms with E-state index in [4.69, 9.17) is 15.2 Å². The normalized spacial score (nSPS) is 13.1. The first-order chi connectivity index (χ1) is 6.77. The molecule has 0 unspecified atom stereocenters. The Balaban J connectivity index is 2.52.